The number of rotatable bonds is 2. The van der Waals surface area contributed by atoms with Crippen LogP contribution >= 0.6 is 0 Å². The van der Waals surface area contributed by atoms with Gasteiger partial charge in [0.05, 0.1) is 23.0 Å². The number of halogens is 3. The van der Waals surface area contributed by atoms with Gasteiger partial charge in [-0.1, -0.05) is 6.07 Å². The van der Waals surface area contributed by atoms with Gasteiger partial charge in [0.1, 0.15) is 5.52 Å². The maximum Gasteiger partial charge on any atom is 0.451 e. The molecular weight excluding hydrogens is 333 g/mol. The summed E-state index contributed by atoms with van der Waals surface area (Å²) >= 11 is 0. The summed E-state index contributed by atoms with van der Waals surface area (Å²) in [5.41, 5.74) is 7.27. The summed E-state index contributed by atoms with van der Waals surface area (Å²) in [7, 11) is 0. The zero-order chi connectivity index (χ0) is 17.8. The van der Waals surface area contributed by atoms with Gasteiger partial charge in [-0.2, -0.15) is 18.4 Å². The SMILES string of the molecule is N#Cc1cccc(-n2c(N)nc3c(C4CC4)nc(C(F)(F)F)nc32)c1. The summed E-state index contributed by atoms with van der Waals surface area (Å²) in [6, 6.07) is 8.34. The molecule has 9 heteroatoms. The largest absolute Gasteiger partial charge is 0.451 e. The predicted molar refractivity (Wildman–Crippen MR) is 82.8 cm³/mol. The van der Waals surface area contributed by atoms with E-state index in [1.165, 1.54) is 10.6 Å². The summed E-state index contributed by atoms with van der Waals surface area (Å²) in [5, 5.41) is 9.04. The van der Waals surface area contributed by atoms with Crippen molar-refractivity contribution in [2.75, 3.05) is 5.73 Å². The third kappa shape index (κ3) is 2.55. The zero-order valence-corrected chi connectivity index (χ0v) is 12.7. The second-order valence-electron chi connectivity index (χ2n) is 5.84. The molecule has 2 heterocycles. The highest BCUT2D eigenvalue weighted by Gasteiger charge is 2.39. The number of fused-ring (bicyclic) bond motifs is 1. The molecule has 0 bridgehead atoms. The van der Waals surface area contributed by atoms with Gasteiger partial charge in [0.2, 0.25) is 11.8 Å². The number of nitrogens with two attached hydrogens (primary N) is 1. The van der Waals surface area contributed by atoms with Crippen LogP contribution in [0.4, 0.5) is 19.1 Å². The average Bonchev–Trinajstić information content (AvgIpc) is 3.35. The second-order valence-corrected chi connectivity index (χ2v) is 5.84. The molecule has 0 unspecified atom stereocenters. The molecule has 25 heavy (non-hydrogen) atoms. The fraction of sp³-hybridized carbons (Fsp3) is 0.250. The van der Waals surface area contributed by atoms with Crippen molar-refractivity contribution < 1.29 is 13.2 Å². The molecule has 3 aromatic rings. The normalized spacial score (nSPS) is 14.6. The van der Waals surface area contributed by atoms with Crippen molar-refractivity contribution in [3.63, 3.8) is 0 Å². The minimum Gasteiger partial charge on any atom is -0.369 e. The average molecular weight is 344 g/mol. The van der Waals surface area contributed by atoms with Crippen molar-refractivity contribution in [1.82, 2.24) is 19.5 Å². The number of aromatic nitrogens is 4. The molecule has 0 aliphatic heterocycles. The lowest BCUT2D eigenvalue weighted by Gasteiger charge is -2.10. The molecule has 1 aromatic carbocycles. The Morgan fingerprint density at radius 2 is 1.96 bits per heavy atom. The lowest BCUT2D eigenvalue weighted by molar-refractivity contribution is -0.144. The smallest absolute Gasteiger partial charge is 0.369 e. The van der Waals surface area contributed by atoms with Crippen LogP contribution in [-0.2, 0) is 6.18 Å². The van der Waals surface area contributed by atoms with E-state index in [-0.39, 0.29) is 28.7 Å². The maximum absolute atomic E-state index is 13.2. The standard InChI is InChI=1S/C16H11F3N6/c17-16(18,19)14-22-11(9-4-5-9)12-13(24-14)25(15(21)23-12)10-3-1-2-8(6-10)7-20/h1-3,6,9H,4-5H2,(H2,21,23). The van der Waals surface area contributed by atoms with Crippen molar-refractivity contribution in [1.29, 1.82) is 5.26 Å². The molecule has 1 aliphatic rings. The predicted octanol–water partition coefficient (Wildman–Crippen LogP) is 3.17. The number of benzene rings is 1. The van der Waals surface area contributed by atoms with Gasteiger partial charge in [-0.05, 0) is 31.0 Å². The van der Waals surface area contributed by atoms with Crippen molar-refractivity contribution >= 4 is 17.1 Å². The number of alkyl halides is 3. The number of nitriles is 1. The van der Waals surface area contributed by atoms with Gasteiger partial charge < -0.3 is 5.73 Å². The Kier molecular flexibility index (Phi) is 3.18. The third-order valence-electron chi connectivity index (χ3n) is 4.01. The molecule has 4 rings (SSSR count). The van der Waals surface area contributed by atoms with Gasteiger partial charge in [-0.15, -0.1) is 0 Å². The Bertz CT molecular complexity index is 1030. The first-order valence-electron chi connectivity index (χ1n) is 7.52. The van der Waals surface area contributed by atoms with E-state index in [0.29, 0.717) is 11.3 Å². The van der Waals surface area contributed by atoms with E-state index in [1.54, 1.807) is 18.2 Å². The number of hydrogen-bond acceptors (Lipinski definition) is 5. The summed E-state index contributed by atoms with van der Waals surface area (Å²) in [5.74, 6) is -1.26. The Balaban J connectivity index is 2.03. The van der Waals surface area contributed by atoms with E-state index in [9.17, 15) is 13.2 Å². The highest BCUT2D eigenvalue weighted by molar-refractivity contribution is 5.80. The topological polar surface area (TPSA) is 93.4 Å². The Morgan fingerprint density at radius 1 is 1.20 bits per heavy atom. The fourth-order valence-corrected chi connectivity index (χ4v) is 2.73. The molecule has 1 fully saturated rings. The molecule has 126 valence electrons. The van der Waals surface area contributed by atoms with Gasteiger partial charge in [-0.3, -0.25) is 4.57 Å². The highest BCUT2D eigenvalue weighted by Crippen LogP contribution is 2.43. The molecule has 1 saturated carbocycles. The fourth-order valence-electron chi connectivity index (χ4n) is 2.73. The van der Waals surface area contributed by atoms with Crippen LogP contribution in [0, 0.1) is 11.3 Å². The third-order valence-corrected chi connectivity index (χ3v) is 4.01. The summed E-state index contributed by atoms with van der Waals surface area (Å²) < 4.78 is 40.9. The van der Waals surface area contributed by atoms with Crippen LogP contribution in [0.3, 0.4) is 0 Å². The molecule has 0 radical (unpaired) electrons. The van der Waals surface area contributed by atoms with Gasteiger partial charge in [0.25, 0.3) is 0 Å². The van der Waals surface area contributed by atoms with Crippen molar-refractivity contribution in [3.05, 3.63) is 41.3 Å². The second kappa shape index (κ2) is 5.17. The highest BCUT2D eigenvalue weighted by atomic mass is 19.4. The molecule has 0 saturated heterocycles. The monoisotopic (exact) mass is 344 g/mol. The number of nitrogen functional groups attached to an aromatic ring is 1. The minimum atomic E-state index is -4.67. The molecular formula is C16H11F3N6. The van der Waals surface area contributed by atoms with Crippen LogP contribution in [0.15, 0.2) is 24.3 Å². The van der Waals surface area contributed by atoms with Gasteiger partial charge >= 0.3 is 6.18 Å². The van der Waals surface area contributed by atoms with Crippen LogP contribution in [0.25, 0.3) is 16.9 Å². The number of hydrogen-bond donors (Lipinski definition) is 1. The summed E-state index contributed by atoms with van der Waals surface area (Å²) in [6.07, 6.45) is -3.14. The Hall–Kier alpha value is -3.15. The lowest BCUT2D eigenvalue weighted by atomic mass is 10.2. The zero-order valence-electron chi connectivity index (χ0n) is 12.7. The van der Waals surface area contributed by atoms with Crippen molar-refractivity contribution in [2.24, 2.45) is 0 Å². The maximum atomic E-state index is 13.2. The van der Waals surface area contributed by atoms with E-state index in [2.05, 4.69) is 15.0 Å². The lowest BCUT2D eigenvalue weighted by Crippen LogP contribution is -2.13. The van der Waals surface area contributed by atoms with Crippen LogP contribution in [-0.4, -0.2) is 19.5 Å². The van der Waals surface area contributed by atoms with E-state index in [4.69, 9.17) is 11.0 Å². The van der Waals surface area contributed by atoms with Crippen LogP contribution in [0.1, 0.15) is 35.8 Å². The first-order chi connectivity index (χ1) is 11.9. The number of imidazole rings is 1. The molecule has 2 N–H and O–H groups in total. The molecule has 2 aromatic heterocycles. The number of nitrogens with zero attached hydrogens (tertiary/aromatic N) is 5. The minimum absolute atomic E-state index is 0.000569. The van der Waals surface area contributed by atoms with E-state index >= 15 is 0 Å². The molecule has 1 aliphatic carbocycles. The van der Waals surface area contributed by atoms with Gasteiger partial charge in [0.15, 0.2) is 5.65 Å². The van der Waals surface area contributed by atoms with Gasteiger partial charge in [-0.25, -0.2) is 15.0 Å². The van der Waals surface area contributed by atoms with E-state index in [1.807, 2.05) is 6.07 Å². The first-order valence-corrected chi connectivity index (χ1v) is 7.52. The summed E-state index contributed by atoms with van der Waals surface area (Å²) in [4.78, 5) is 11.6. The Morgan fingerprint density at radius 3 is 2.60 bits per heavy atom. The Labute approximate surface area is 139 Å². The quantitative estimate of drug-likeness (QED) is 0.771. The molecule has 0 spiro atoms. The first kappa shape index (κ1) is 15.4. The van der Waals surface area contributed by atoms with E-state index in [0.717, 1.165) is 12.8 Å². The van der Waals surface area contributed by atoms with Crippen LogP contribution in [0.2, 0.25) is 0 Å². The van der Waals surface area contributed by atoms with Crippen molar-refractivity contribution in [3.8, 4) is 11.8 Å². The van der Waals surface area contributed by atoms with Crippen LogP contribution in [0.5, 0.6) is 0 Å². The molecule has 0 atom stereocenters. The van der Waals surface area contributed by atoms with Crippen molar-refractivity contribution in [2.45, 2.75) is 24.9 Å². The van der Waals surface area contributed by atoms with E-state index < -0.39 is 12.0 Å². The van der Waals surface area contributed by atoms with Crippen LogP contribution < -0.4 is 5.73 Å². The summed E-state index contributed by atoms with van der Waals surface area (Å²) in [6.45, 7) is 0. The molecule has 6 nitrogen and oxygen atoms in total. The molecule has 0 amide bonds. The number of anilines is 1. The van der Waals surface area contributed by atoms with Gasteiger partial charge in [0, 0.05) is 5.92 Å².